The molecule has 0 spiro atoms. The molecular formula is C24H38NO5P. The summed E-state index contributed by atoms with van der Waals surface area (Å²) < 4.78 is 26.9. The van der Waals surface area contributed by atoms with Crippen molar-refractivity contribution in [3.63, 3.8) is 0 Å². The molecule has 1 aliphatic heterocycles. The third-order valence-corrected chi connectivity index (χ3v) is 5.93. The van der Waals surface area contributed by atoms with Gasteiger partial charge in [-0.1, -0.05) is 67.7 Å². The van der Waals surface area contributed by atoms with Gasteiger partial charge in [0.25, 0.3) is 0 Å². The quantitative estimate of drug-likeness (QED) is 0.138. The van der Waals surface area contributed by atoms with Crippen LogP contribution in [0.5, 0.6) is 0 Å². The maximum Gasteiger partial charge on any atom is 0.405 e. The van der Waals surface area contributed by atoms with Crippen LogP contribution in [0.4, 0.5) is 0 Å². The molecule has 6 nitrogen and oxygen atoms in total. The fourth-order valence-electron chi connectivity index (χ4n) is 2.67. The minimum Gasteiger partial charge on any atom is -0.458 e. The Labute approximate surface area is 187 Å². The van der Waals surface area contributed by atoms with E-state index in [0.717, 1.165) is 44.9 Å². The molecule has 0 aromatic carbocycles. The van der Waals surface area contributed by atoms with Gasteiger partial charge in [0.05, 0.1) is 6.61 Å². The average Bonchev–Trinajstić information content (AvgIpc) is 2.77. The van der Waals surface area contributed by atoms with Crippen LogP contribution >= 0.6 is 7.75 Å². The Kier molecular flexibility index (Phi) is 15.8. The zero-order valence-corrected chi connectivity index (χ0v) is 19.8. The highest BCUT2D eigenvalue weighted by Gasteiger charge is 2.32. The second kappa shape index (κ2) is 17.9. The molecule has 0 unspecified atom stereocenters. The zero-order chi connectivity index (χ0) is 22.6. The van der Waals surface area contributed by atoms with Gasteiger partial charge >= 0.3 is 13.7 Å². The van der Waals surface area contributed by atoms with Crippen LogP contribution in [0.25, 0.3) is 0 Å². The molecule has 0 bridgehead atoms. The summed E-state index contributed by atoms with van der Waals surface area (Å²) in [6.45, 7) is 2.49. The summed E-state index contributed by atoms with van der Waals surface area (Å²) in [5, 5.41) is 2.63. The third-order valence-electron chi connectivity index (χ3n) is 4.39. The van der Waals surface area contributed by atoms with Gasteiger partial charge in [-0.15, -0.1) is 0 Å². The number of hydrogen-bond acceptors (Lipinski definition) is 5. The Bertz CT molecular complexity index is 669. The van der Waals surface area contributed by atoms with Crippen LogP contribution in [0, 0.1) is 0 Å². The Balaban J connectivity index is 1.99. The molecule has 0 amide bonds. The SMILES string of the molecule is CC/C=C\C/C=C\C/C=C\C/C=C\C/C=C\CCCC(=O)O[C@@H]1CN[P@@](=O)(OC)OC1. The van der Waals surface area contributed by atoms with E-state index in [9.17, 15) is 9.36 Å². The Morgan fingerprint density at radius 2 is 1.52 bits per heavy atom. The minimum absolute atomic E-state index is 0.0820. The molecular weight excluding hydrogens is 413 g/mol. The number of rotatable bonds is 15. The standard InChI is InChI=1S/C24H38NO5P/c1-3-4-5-6-7-8-9-10-11-12-13-14-15-16-17-18-19-20-24(26)30-23-21-25-31(27,28-2)29-22-23/h4-5,7-8,10-11,13-14,16-17,23H,3,6,9,12,15,18-22H2,1-2H3,(H,25,27)/b5-4-,8-7-,11-10-,14-13-,17-16-/t23-,31-/m1/s1. The number of carbonyl (C=O) groups is 1. The van der Waals surface area contributed by atoms with E-state index in [-0.39, 0.29) is 19.1 Å². The second-order valence-corrected chi connectivity index (χ2v) is 8.98. The van der Waals surface area contributed by atoms with Crippen LogP contribution in [0.1, 0.15) is 58.3 Å². The number of allylic oxidation sites excluding steroid dienone is 10. The molecule has 1 heterocycles. The molecule has 0 aromatic rings. The fourth-order valence-corrected chi connectivity index (χ4v) is 3.79. The highest BCUT2D eigenvalue weighted by Crippen LogP contribution is 2.44. The molecule has 7 heteroatoms. The molecule has 0 radical (unpaired) electrons. The highest BCUT2D eigenvalue weighted by molar-refractivity contribution is 7.51. The molecule has 1 N–H and O–H groups in total. The van der Waals surface area contributed by atoms with Crippen LogP contribution < -0.4 is 5.09 Å². The van der Waals surface area contributed by atoms with Gasteiger partial charge in [-0.25, -0.2) is 9.65 Å². The summed E-state index contributed by atoms with van der Waals surface area (Å²) in [7, 11) is -1.88. The summed E-state index contributed by atoms with van der Waals surface area (Å²) in [5.41, 5.74) is 0. The lowest BCUT2D eigenvalue weighted by molar-refractivity contribution is -0.151. The Hall–Kier alpha value is -1.72. The smallest absolute Gasteiger partial charge is 0.405 e. The lowest BCUT2D eigenvalue weighted by atomic mass is 10.2. The van der Waals surface area contributed by atoms with E-state index >= 15 is 0 Å². The number of esters is 1. The van der Waals surface area contributed by atoms with Crippen LogP contribution in [0.15, 0.2) is 60.8 Å². The van der Waals surface area contributed by atoms with Crippen molar-refractivity contribution in [3.05, 3.63) is 60.8 Å². The molecule has 0 aliphatic carbocycles. The van der Waals surface area contributed by atoms with Gasteiger partial charge in [0.15, 0.2) is 0 Å². The van der Waals surface area contributed by atoms with Crippen LogP contribution in [0.2, 0.25) is 0 Å². The molecule has 1 saturated heterocycles. The van der Waals surface area contributed by atoms with Crippen molar-refractivity contribution in [2.24, 2.45) is 0 Å². The van der Waals surface area contributed by atoms with Crippen molar-refractivity contribution < 1.29 is 23.1 Å². The predicted octanol–water partition coefficient (Wildman–Crippen LogP) is 6.19. The van der Waals surface area contributed by atoms with Gasteiger partial charge in [0, 0.05) is 20.1 Å². The number of carbonyl (C=O) groups excluding carboxylic acids is 1. The Morgan fingerprint density at radius 3 is 2.00 bits per heavy atom. The van der Waals surface area contributed by atoms with Gasteiger partial charge in [-0.05, 0) is 44.9 Å². The van der Waals surface area contributed by atoms with Crippen molar-refractivity contribution >= 4 is 13.7 Å². The average molecular weight is 452 g/mol. The van der Waals surface area contributed by atoms with Crippen molar-refractivity contribution in [2.75, 3.05) is 20.3 Å². The van der Waals surface area contributed by atoms with E-state index in [1.54, 1.807) is 0 Å². The number of nitrogens with one attached hydrogen (secondary N) is 1. The third kappa shape index (κ3) is 14.8. The zero-order valence-electron chi connectivity index (χ0n) is 18.9. The van der Waals surface area contributed by atoms with Gasteiger partial charge in [0.1, 0.15) is 6.10 Å². The number of ether oxygens (including phenoxy) is 1. The van der Waals surface area contributed by atoms with Crippen molar-refractivity contribution in [1.29, 1.82) is 0 Å². The van der Waals surface area contributed by atoms with E-state index in [2.05, 4.69) is 72.8 Å². The van der Waals surface area contributed by atoms with Crippen molar-refractivity contribution in [1.82, 2.24) is 5.09 Å². The Morgan fingerprint density at radius 1 is 0.968 bits per heavy atom. The van der Waals surface area contributed by atoms with Crippen LogP contribution in [-0.4, -0.2) is 32.3 Å². The van der Waals surface area contributed by atoms with Gasteiger partial charge < -0.3 is 9.26 Å². The minimum atomic E-state index is -3.20. The lowest BCUT2D eigenvalue weighted by Gasteiger charge is -2.28. The number of unbranched alkanes of at least 4 members (excludes halogenated alkanes) is 1. The molecule has 1 rings (SSSR count). The largest absolute Gasteiger partial charge is 0.458 e. The molecule has 174 valence electrons. The van der Waals surface area contributed by atoms with E-state index < -0.39 is 13.9 Å². The summed E-state index contributed by atoms with van der Waals surface area (Å²) in [4.78, 5) is 11.8. The molecule has 1 fully saturated rings. The van der Waals surface area contributed by atoms with E-state index in [1.165, 1.54) is 7.11 Å². The first-order valence-corrected chi connectivity index (χ1v) is 12.6. The van der Waals surface area contributed by atoms with Gasteiger partial charge in [0.2, 0.25) is 0 Å². The van der Waals surface area contributed by atoms with E-state index in [4.69, 9.17) is 13.8 Å². The van der Waals surface area contributed by atoms with E-state index in [1.807, 2.05) is 0 Å². The first kappa shape index (κ1) is 27.3. The van der Waals surface area contributed by atoms with Crippen LogP contribution in [0.3, 0.4) is 0 Å². The summed E-state index contributed by atoms with van der Waals surface area (Å²) in [5.74, 6) is -0.267. The first-order valence-electron chi connectivity index (χ1n) is 11.1. The molecule has 31 heavy (non-hydrogen) atoms. The summed E-state index contributed by atoms with van der Waals surface area (Å²) in [6, 6.07) is 0. The normalized spacial score (nSPS) is 22.6. The number of hydrogen-bond donors (Lipinski definition) is 1. The van der Waals surface area contributed by atoms with Gasteiger partial charge in [-0.3, -0.25) is 9.32 Å². The second-order valence-electron chi connectivity index (χ2n) is 7.05. The maximum absolute atomic E-state index is 11.8. The lowest BCUT2D eigenvalue weighted by Crippen LogP contribution is -2.38. The molecule has 0 aromatic heterocycles. The molecule has 2 atom stereocenters. The molecule has 1 aliphatic rings. The summed E-state index contributed by atoms with van der Waals surface area (Å²) in [6.07, 6.45) is 28.1. The first-order chi connectivity index (χ1) is 15.1. The summed E-state index contributed by atoms with van der Waals surface area (Å²) >= 11 is 0. The molecule has 0 saturated carbocycles. The predicted molar refractivity (Wildman–Crippen MR) is 127 cm³/mol. The highest BCUT2D eigenvalue weighted by atomic mass is 31.2. The topological polar surface area (TPSA) is 73.9 Å². The fraction of sp³-hybridized carbons (Fsp3) is 0.542. The van der Waals surface area contributed by atoms with E-state index in [0.29, 0.717) is 6.42 Å². The van der Waals surface area contributed by atoms with Crippen LogP contribution in [-0.2, 0) is 23.1 Å². The van der Waals surface area contributed by atoms with Crippen molar-refractivity contribution in [2.45, 2.75) is 64.4 Å². The monoisotopic (exact) mass is 451 g/mol. The van der Waals surface area contributed by atoms with Crippen molar-refractivity contribution in [3.8, 4) is 0 Å². The van der Waals surface area contributed by atoms with Gasteiger partial charge in [-0.2, -0.15) is 0 Å². The maximum atomic E-state index is 11.8.